The van der Waals surface area contributed by atoms with E-state index in [0.29, 0.717) is 12.0 Å². The number of likely N-dealkylation sites (tertiary alicyclic amines) is 1. The van der Waals surface area contributed by atoms with Crippen LogP contribution in [0, 0.1) is 5.92 Å². The van der Waals surface area contributed by atoms with Crippen molar-refractivity contribution in [2.75, 3.05) is 0 Å². The molecule has 1 aliphatic heterocycles. The zero-order valence-electron chi connectivity index (χ0n) is 14.5. The predicted molar refractivity (Wildman–Crippen MR) is 96.9 cm³/mol. The molecular weight excluding hydrogens is 332 g/mol. The third-order valence-electron chi connectivity index (χ3n) is 5.83. The molecule has 4 rings (SSSR count). The highest BCUT2D eigenvalue weighted by Gasteiger charge is 2.47. The number of para-hydroxylation sites is 1. The fourth-order valence-corrected chi connectivity index (χ4v) is 4.62. The van der Waals surface area contributed by atoms with Crippen LogP contribution in [-0.4, -0.2) is 39.0 Å². The Morgan fingerprint density at radius 1 is 1.19 bits per heavy atom. The summed E-state index contributed by atoms with van der Waals surface area (Å²) in [5.41, 5.74) is 0.825. The summed E-state index contributed by atoms with van der Waals surface area (Å²) >= 11 is 0. The number of nitrogens with one attached hydrogen (secondary N) is 1. The third-order valence-corrected chi connectivity index (χ3v) is 5.83. The van der Waals surface area contributed by atoms with Gasteiger partial charge in [-0.15, -0.1) is 0 Å². The van der Waals surface area contributed by atoms with Crippen LogP contribution in [0.25, 0.3) is 10.9 Å². The molecular formula is C20H22N2O4. The van der Waals surface area contributed by atoms with E-state index in [1.165, 1.54) is 0 Å². The van der Waals surface area contributed by atoms with Gasteiger partial charge in [0, 0.05) is 17.1 Å². The summed E-state index contributed by atoms with van der Waals surface area (Å²) < 4.78 is 0. The number of aromatic nitrogens is 1. The lowest BCUT2D eigenvalue weighted by Gasteiger charge is -2.33. The molecule has 26 heavy (non-hydrogen) atoms. The van der Waals surface area contributed by atoms with E-state index in [1.807, 2.05) is 24.3 Å². The molecule has 1 saturated carbocycles. The van der Waals surface area contributed by atoms with Crippen LogP contribution in [-0.2, 0) is 16.0 Å². The van der Waals surface area contributed by atoms with Crippen LogP contribution in [0.3, 0.4) is 0 Å². The number of fused-ring (bicyclic) bond motifs is 2. The molecule has 0 unspecified atom stereocenters. The molecule has 0 spiro atoms. The van der Waals surface area contributed by atoms with Crippen molar-refractivity contribution in [3.8, 4) is 0 Å². The summed E-state index contributed by atoms with van der Waals surface area (Å²) in [6.07, 6.45) is 4.42. The number of benzene rings is 1. The number of carboxylic acids is 1. The minimum absolute atomic E-state index is 0.00288. The molecule has 3 atom stereocenters. The number of aromatic amines is 1. The Morgan fingerprint density at radius 2 is 1.96 bits per heavy atom. The molecule has 0 radical (unpaired) electrons. The van der Waals surface area contributed by atoms with Crippen molar-refractivity contribution in [1.29, 1.82) is 0 Å². The van der Waals surface area contributed by atoms with Gasteiger partial charge in [-0.1, -0.05) is 31.0 Å². The maximum atomic E-state index is 13.0. The van der Waals surface area contributed by atoms with Gasteiger partial charge in [0.05, 0.1) is 6.42 Å². The van der Waals surface area contributed by atoms with Gasteiger partial charge >= 0.3 is 5.97 Å². The van der Waals surface area contributed by atoms with E-state index >= 15 is 0 Å². The normalized spacial score (nSPS) is 25.2. The first-order chi connectivity index (χ1) is 12.5. The van der Waals surface area contributed by atoms with Gasteiger partial charge < -0.3 is 15.0 Å². The summed E-state index contributed by atoms with van der Waals surface area (Å²) in [6, 6.07) is 8.37. The molecule has 1 amide bonds. The Balaban J connectivity index is 1.63. The summed E-state index contributed by atoms with van der Waals surface area (Å²) in [4.78, 5) is 41.4. The average molecular weight is 354 g/mol. The van der Waals surface area contributed by atoms with Gasteiger partial charge in [-0.3, -0.25) is 9.59 Å². The fraction of sp³-hybridized carbons (Fsp3) is 0.450. The average Bonchev–Trinajstić information content (AvgIpc) is 3.02. The first-order valence-corrected chi connectivity index (χ1v) is 9.19. The second-order valence-electron chi connectivity index (χ2n) is 7.39. The SMILES string of the molecule is O=C(O)[C@@H]1C[C@@H]2CCCC[C@@H]2N1C(=O)Cc1cc2ccccc2[nH]c1=O. The van der Waals surface area contributed by atoms with Crippen LogP contribution in [0.4, 0.5) is 0 Å². The number of H-pyrrole nitrogens is 1. The quantitative estimate of drug-likeness (QED) is 0.885. The van der Waals surface area contributed by atoms with Gasteiger partial charge in [0.15, 0.2) is 0 Å². The van der Waals surface area contributed by atoms with Crippen molar-refractivity contribution >= 4 is 22.8 Å². The Labute approximate surface area is 150 Å². The van der Waals surface area contributed by atoms with Crippen molar-refractivity contribution in [1.82, 2.24) is 9.88 Å². The number of hydrogen-bond acceptors (Lipinski definition) is 3. The molecule has 1 aromatic carbocycles. The molecule has 0 bridgehead atoms. The van der Waals surface area contributed by atoms with Gasteiger partial charge in [0.2, 0.25) is 5.91 Å². The molecule has 2 aromatic rings. The number of aliphatic carboxylic acids is 1. The highest BCUT2D eigenvalue weighted by atomic mass is 16.4. The van der Waals surface area contributed by atoms with Crippen LogP contribution < -0.4 is 5.56 Å². The standard InChI is InChI=1S/C20H22N2O4/c23-18(11-14-9-12-5-1-3-7-15(12)21-19(14)24)22-16-8-4-2-6-13(16)10-17(22)20(25)26/h1,3,5,7,9,13,16-17H,2,4,6,8,10-11H2,(H,21,24)(H,25,26)/t13-,16-,17-/m0/s1. The van der Waals surface area contributed by atoms with Gasteiger partial charge in [-0.2, -0.15) is 0 Å². The number of carboxylic acid groups (broad SMARTS) is 1. The van der Waals surface area contributed by atoms with Gasteiger partial charge in [-0.25, -0.2) is 4.79 Å². The molecule has 1 aromatic heterocycles. The first-order valence-electron chi connectivity index (χ1n) is 9.19. The smallest absolute Gasteiger partial charge is 0.326 e. The number of carbonyl (C=O) groups is 2. The summed E-state index contributed by atoms with van der Waals surface area (Å²) in [5, 5.41) is 10.4. The number of pyridine rings is 1. The van der Waals surface area contributed by atoms with E-state index in [-0.39, 0.29) is 29.8 Å². The zero-order chi connectivity index (χ0) is 18.3. The highest BCUT2D eigenvalue weighted by Crippen LogP contribution is 2.40. The van der Waals surface area contributed by atoms with Crippen molar-refractivity contribution in [2.45, 2.75) is 50.6 Å². The van der Waals surface area contributed by atoms with Gasteiger partial charge in [0.25, 0.3) is 5.56 Å². The molecule has 2 N–H and O–H groups in total. The third kappa shape index (κ3) is 2.89. The van der Waals surface area contributed by atoms with Gasteiger partial charge in [-0.05, 0) is 42.7 Å². The maximum absolute atomic E-state index is 13.0. The summed E-state index contributed by atoms with van der Waals surface area (Å²) in [7, 11) is 0. The predicted octanol–water partition coefficient (Wildman–Crippen LogP) is 2.31. The first kappa shape index (κ1) is 16.8. The summed E-state index contributed by atoms with van der Waals surface area (Å²) in [6.45, 7) is 0. The molecule has 2 fully saturated rings. The Bertz CT molecular complexity index is 919. The zero-order valence-corrected chi connectivity index (χ0v) is 14.5. The second-order valence-corrected chi connectivity index (χ2v) is 7.39. The van der Waals surface area contributed by atoms with Crippen LogP contribution in [0.1, 0.15) is 37.7 Å². The lowest BCUT2D eigenvalue weighted by Crippen LogP contribution is -2.47. The second kappa shape index (κ2) is 6.59. The molecule has 1 saturated heterocycles. The van der Waals surface area contributed by atoms with Crippen molar-refractivity contribution in [3.05, 3.63) is 46.2 Å². The van der Waals surface area contributed by atoms with Crippen LogP contribution in [0.15, 0.2) is 35.1 Å². The monoisotopic (exact) mass is 354 g/mol. The Hall–Kier alpha value is -2.63. The fourth-order valence-electron chi connectivity index (χ4n) is 4.62. The number of carbonyl (C=O) groups excluding carboxylic acids is 1. The molecule has 2 aliphatic rings. The van der Waals surface area contributed by atoms with E-state index in [9.17, 15) is 19.5 Å². The minimum atomic E-state index is -0.944. The number of hydrogen-bond donors (Lipinski definition) is 2. The van der Waals surface area contributed by atoms with Crippen molar-refractivity contribution in [2.24, 2.45) is 5.92 Å². The topological polar surface area (TPSA) is 90.5 Å². The van der Waals surface area contributed by atoms with Crippen LogP contribution >= 0.6 is 0 Å². The van der Waals surface area contributed by atoms with Gasteiger partial charge in [0.1, 0.15) is 6.04 Å². The van der Waals surface area contributed by atoms with E-state index in [2.05, 4.69) is 4.98 Å². The molecule has 2 heterocycles. The Morgan fingerprint density at radius 3 is 2.77 bits per heavy atom. The lowest BCUT2D eigenvalue weighted by atomic mass is 9.84. The minimum Gasteiger partial charge on any atom is -0.480 e. The highest BCUT2D eigenvalue weighted by molar-refractivity contribution is 5.87. The van der Waals surface area contributed by atoms with Crippen molar-refractivity contribution < 1.29 is 14.7 Å². The van der Waals surface area contributed by atoms with Crippen molar-refractivity contribution in [3.63, 3.8) is 0 Å². The van der Waals surface area contributed by atoms with E-state index in [4.69, 9.17) is 0 Å². The largest absolute Gasteiger partial charge is 0.480 e. The van der Waals surface area contributed by atoms with Crippen LogP contribution in [0.2, 0.25) is 0 Å². The molecule has 1 aliphatic carbocycles. The number of rotatable bonds is 3. The Kier molecular flexibility index (Phi) is 4.26. The molecule has 6 nitrogen and oxygen atoms in total. The number of nitrogens with zero attached hydrogens (tertiary/aromatic N) is 1. The maximum Gasteiger partial charge on any atom is 0.326 e. The lowest BCUT2D eigenvalue weighted by molar-refractivity contribution is -0.149. The van der Waals surface area contributed by atoms with E-state index in [0.717, 1.165) is 36.6 Å². The van der Waals surface area contributed by atoms with E-state index in [1.54, 1.807) is 11.0 Å². The summed E-state index contributed by atoms with van der Waals surface area (Å²) in [5.74, 6) is -0.934. The molecule has 136 valence electrons. The van der Waals surface area contributed by atoms with Crippen LogP contribution in [0.5, 0.6) is 0 Å². The molecule has 6 heteroatoms. The number of amides is 1. The van der Waals surface area contributed by atoms with E-state index < -0.39 is 12.0 Å².